The molecule has 98 valence electrons. The van der Waals surface area contributed by atoms with Crippen LogP contribution in [0.5, 0.6) is 5.88 Å². The number of aromatic nitrogens is 2. The van der Waals surface area contributed by atoms with Crippen LogP contribution in [0.2, 0.25) is 0 Å². The van der Waals surface area contributed by atoms with Gasteiger partial charge in [-0.15, -0.1) is 10.2 Å². The minimum Gasteiger partial charge on any atom is -0.480 e. The Morgan fingerprint density at radius 2 is 2.39 bits per heavy atom. The molecule has 0 aromatic carbocycles. The van der Waals surface area contributed by atoms with Gasteiger partial charge in [-0.05, 0) is 31.7 Å². The Hall–Kier alpha value is -1.49. The molecule has 2 rings (SSSR count). The molecule has 2 heterocycles. The molecule has 5 heteroatoms. The summed E-state index contributed by atoms with van der Waals surface area (Å²) in [7, 11) is 1.52. The van der Waals surface area contributed by atoms with E-state index in [1.807, 2.05) is 0 Å². The number of ketones is 1. The fourth-order valence-electron chi connectivity index (χ4n) is 2.07. The average Bonchev–Trinajstić information content (AvgIpc) is 2.92. The number of carbonyl (C=O) groups is 1. The molecular weight excluding hydrogens is 232 g/mol. The van der Waals surface area contributed by atoms with Crippen molar-refractivity contribution in [3.8, 4) is 5.88 Å². The molecule has 1 aliphatic heterocycles. The second-order valence-corrected chi connectivity index (χ2v) is 4.41. The number of rotatable bonds is 6. The standard InChI is InChI=1S/C13H18N2O3/c1-17-13-8-7-11(14-15-13)12(16)6-2-4-10-5-3-9-18-10/h7-8,10H,2-6,9H2,1H3. The first-order valence-electron chi connectivity index (χ1n) is 6.32. The van der Waals surface area contributed by atoms with Gasteiger partial charge < -0.3 is 9.47 Å². The van der Waals surface area contributed by atoms with E-state index in [4.69, 9.17) is 9.47 Å². The Labute approximate surface area is 107 Å². The van der Waals surface area contributed by atoms with Crippen LogP contribution >= 0.6 is 0 Å². The highest BCUT2D eigenvalue weighted by Gasteiger charge is 2.16. The normalized spacial score (nSPS) is 18.8. The third-order valence-corrected chi connectivity index (χ3v) is 3.09. The maximum atomic E-state index is 11.8. The van der Waals surface area contributed by atoms with Gasteiger partial charge in [0.1, 0.15) is 5.69 Å². The highest BCUT2D eigenvalue weighted by molar-refractivity contribution is 5.93. The number of nitrogens with zero attached hydrogens (tertiary/aromatic N) is 2. The van der Waals surface area contributed by atoms with Crippen LogP contribution in [0, 0.1) is 0 Å². The Morgan fingerprint density at radius 1 is 1.50 bits per heavy atom. The lowest BCUT2D eigenvalue weighted by atomic mass is 10.1. The molecule has 1 saturated heterocycles. The van der Waals surface area contributed by atoms with E-state index in [0.29, 0.717) is 24.1 Å². The molecule has 0 spiro atoms. The highest BCUT2D eigenvalue weighted by Crippen LogP contribution is 2.18. The van der Waals surface area contributed by atoms with Gasteiger partial charge in [0.25, 0.3) is 0 Å². The first-order valence-corrected chi connectivity index (χ1v) is 6.32. The molecule has 18 heavy (non-hydrogen) atoms. The summed E-state index contributed by atoms with van der Waals surface area (Å²) in [5, 5.41) is 7.63. The summed E-state index contributed by atoms with van der Waals surface area (Å²) in [4.78, 5) is 11.8. The van der Waals surface area contributed by atoms with E-state index in [-0.39, 0.29) is 5.78 Å². The fourth-order valence-corrected chi connectivity index (χ4v) is 2.07. The lowest BCUT2D eigenvalue weighted by molar-refractivity contribution is 0.0918. The Bertz CT molecular complexity index is 386. The minimum atomic E-state index is 0.0307. The quantitative estimate of drug-likeness (QED) is 0.723. The molecule has 1 aromatic rings. The minimum absolute atomic E-state index is 0.0307. The summed E-state index contributed by atoms with van der Waals surface area (Å²) in [6, 6.07) is 3.31. The maximum Gasteiger partial charge on any atom is 0.233 e. The van der Waals surface area contributed by atoms with E-state index in [1.54, 1.807) is 12.1 Å². The maximum absolute atomic E-state index is 11.8. The van der Waals surface area contributed by atoms with Gasteiger partial charge in [-0.2, -0.15) is 0 Å². The monoisotopic (exact) mass is 250 g/mol. The van der Waals surface area contributed by atoms with E-state index in [2.05, 4.69) is 10.2 Å². The van der Waals surface area contributed by atoms with Crippen LogP contribution in [0.1, 0.15) is 42.6 Å². The van der Waals surface area contributed by atoms with E-state index in [0.717, 1.165) is 32.3 Å². The van der Waals surface area contributed by atoms with Crippen molar-refractivity contribution < 1.29 is 14.3 Å². The van der Waals surface area contributed by atoms with Gasteiger partial charge in [-0.1, -0.05) is 0 Å². The number of hydrogen-bond acceptors (Lipinski definition) is 5. The number of methoxy groups -OCH3 is 1. The van der Waals surface area contributed by atoms with Gasteiger partial charge in [0, 0.05) is 19.1 Å². The zero-order chi connectivity index (χ0) is 12.8. The second-order valence-electron chi connectivity index (χ2n) is 4.41. The first kappa shape index (κ1) is 13.0. The van der Waals surface area contributed by atoms with Crippen molar-refractivity contribution in [3.63, 3.8) is 0 Å². The molecule has 0 amide bonds. The molecule has 0 saturated carbocycles. The van der Waals surface area contributed by atoms with Gasteiger partial charge >= 0.3 is 0 Å². The van der Waals surface area contributed by atoms with Crippen LogP contribution in [-0.4, -0.2) is 35.8 Å². The van der Waals surface area contributed by atoms with Crippen LogP contribution in [0.3, 0.4) is 0 Å². The molecule has 1 atom stereocenters. The molecule has 0 aliphatic carbocycles. The van der Waals surface area contributed by atoms with Crippen molar-refractivity contribution in [3.05, 3.63) is 17.8 Å². The van der Waals surface area contributed by atoms with Gasteiger partial charge in [-0.3, -0.25) is 4.79 Å². The van der Waals surface area contributed by atoms with Gasteiger partial charge in [0.05, 0.1) is 13.2 Å². The summed E-state index contributed by atoms with van der Waals surface area (Å²) in [5.74, 6) is 0.453. The van der Waals surface area contributed by atoms with E-state index in [1.165, 1.54) is 7.11 Å². The number of hydrogen-bond donors (Lipinski definition) is 0. The van der Waals surface area contributed by atoms with Crippen LogP contribution < -0.4 is 4.74 Å². The van der Waals surface area contributed by atoms with Crippen molar-refractivity contribution in [2.24, 2.45) is 0 Å². The summed E-state index contributed by atoms with van der Waals surface area (Å²) in [6.07, 6.45) is 4.91. The van der Waals surface area contributed by atoms with E-state index >= 15 is 0 Å². The summed E-state index contributed by atoms with van der Waals surface area (Å²) in [5.41, 5.74) is 0.406. The molecule has 1 fully saturated rings. The van der Waals surface area contributed by atoms with E-state index < -0.39 is 0 Å². The van der Waals surface area contributed by atoms with Gasteiger partial charge in [0.15, 0.2) is 5.78 Å². The predicted octanol–water partition coefficient (Wildman–Crippen LogP) is 2.02. The zero-order valence-corrected chi connectivity index (χ0v) is 10.6. The van der Waals surface area contributed by atoms with Crippen LogP contribution in [0.4, 0.5) is 0 Å². The highest BCUT2D eigenvalue weighted by atomic mass is 16.5. The smallest absolute Gasteiger partial charge is 0.233 e. The SMILES string of the molecule is COc1ccc(C(=O)CCCC2CCCO2)nn1. The second kappa shape index (κ2) is 6.44. The molecule has 1 unspecified atom stereocenters. The largest absolute Gasteiger partial charge is 0.480 e. The third kappa shape index (κ3) is 3.50. The van der Waals surface area contributed by atoms with Crippen molar-refractivity contribution in [2.75, 3.05) is 13.7 Å². The zero-order valence-electron chi connectivity index (χ0n) is 10.6. The summed E-state index contributed by atoms with van der Waals surface area (Å²) in [6.45, 7) is 0.864. The number of carbonyl (C=O) groups excluding carboxylic acids is 1. The Kier molecular flexibility index (Phi) is 4.64. The molecule has 5 nitrogen and oxygen atoms in total. The Morgan fingerprint density at radius 3 is 3.00 bits per heavy atom. The lowest BCUT2D eigenvalue weighted by Crippen LogP contribution is -2.08. The van der Waals surface area contributed by atoms with Crippen molar-refractivity contribution in [1.82, 2.24) is 10.2 Å². The van der Waals surface area contributed by atoms with Crippen LogP contribution in [0.25, 0.3) is 0 Å². The van der Waals surface area contributed by atoms with Crippen molar-refractivity contribution >= 4 is 5.78 Å². The third-order valence-electron chi connectivity index (χ3n) is 3.09. The topological polar surface area (TPSA) is 61.3 Å². The Balaban J connectivity index is 1.76. The summed E-state index contributed by atoms with van der Waals surface area (Å²) >= 11 is 0. The molecule has 0 bridgehead atoms. The predicted molar refractivity (Wildman–Crippen MR) is 65.7 cm³/mol. The van der Waals surface area contributed by atoms with Crippen LogP contribution in [-0.2, 0) is 4.74 Å². The number of Topliss-reactive ketones (excluding diaryl/α,β-unsaturated/α-hetero) is 1. The molecule has 0 N–H and O–H groups in total. The van der Waals surface area contributed by atoms with Crippen molar-refractivity contribution in [1.29, 1.82) is 0 Å². The van der Waals surface area contributed by atoms with Gasteiger partial charge in [-0.25, -0.2) is 0 Å². The van der Waals surface area contributed by atoms with Crippen LogP contribution in [0.15, 0.2) is 12.1 Å². The average molecular weight is 250 g/mol. The molecular formula is C13H18N2O3. The fraction of sp³-hybridized carbons (Fsp3) is 0.615. The molecule has 1 aromatic heterocycles. The number of ether oxygens (including phenoxy) is 2. The first-order chi connectivity index (χ1) is 8.79. The molecule has 0 radical (unpaired) electrons. The lowest BCUT2D eigenvalue weighted by Gasteiger charge is -2.07. The molecule has 1 aliphatic rings. The van der Waals surface area contributed by atoms with Gasteiger partial charge in [0.2, 0.25) is 5.88 Å². The van der Waals surface area contributed by atoms with E-state index in [9.17, 15) is 4.79 Å². The summed E-state index contributed by atoms with van der Waals surface area (Å²) < 4.78 is 10.4. The van der Waals surface area contributed by atoms with Crippen molar-refractivity contribution in [2.45, 2.75) is 38.2 Å².